The van der Waals surface area contributed by atoms with Crippen molar-refractivity contribution in [2.45, 2.75) is 25.3 Å². The molecule has 1 atom stereocenters. The van der Waals surface area contributed by atoms with Gasteiger partial charge in [0.25, 0.3) is 0 Å². The third kappa shape index (κ3) is 4.68. The Morgan fingerprint density at radius 1 is 1.17 bits per heavy atom. The van der Waals surface area contributed by atoms with E-state index in [1.165, 1.54) is 23.3 Å². The Kier molecular flexibility index (Phi) is 6.33. The van der Waals surface area contributed by atoms with Crippen LogP contribution in [0.25, 0.3) is 0 Å². The lowest BCUT2D eigenvalue weighted by Crippen LogP contribution is -2.44. The number of primary amides is 1. The standard InChI is InChI=1S/C27H26ClN5O2/c28-23-14-20(7-8-22(23)26(30)34)35-13-3-5-19-16-32-24(17-31-19)33-11-9-27(10-12-33)15-18-4-1-2-6-21(18)25(27)29/h1-2,4,6-8,14,16-17,25H,9-13,15,29H2,(H2,30,34)/t25-/m1/s1. The number of nitrogens with two attached hydrogens (primary N) is 2. The molecule has 1 saturated heterocycles. The number of anilines is 1. The summed E-state index contributed by atoms with van der Waals surface area (Å²) in [6, 6.07) is 13.4. The SMILES string of the molecule is NC(=O)c1ccc(OCC#Cc2cnc(N3CCC4(CC3)Cc3ccccc3[C@H]4N)cn2)cc1Cl. The number of hydrogen-bond acceptors (Lipinski definition) is 6. The van der Waals surface area contributed by atoms with Crippen LogP contribution >= 0.6 is 11.6 Å². The summed E-state index contributed by atoms with van der Waals surface area (Å²) in [4.78, 5) is 22.5. The molecule has 0 saturated carbocycles. The topological polar surface area (TPSA) is 107 Å². The lowest BCUT2D eigenvalue weighted by Gasteiger charge is -2.42. The van der Waals surface area contributed by atoms with E-state index >= 15 is 0 Å². The van der Waals surface area contributed by atoms with E-state index < -0.39 is 5.91 Å². The molecule has 2 aromatic carbocycles. The van der Waals surface area contributed by atoms with Crippen LogP contribution in [0, 0.1) is 17.3 Å². The molecule has 1 aliphatic carbocycles. The van der Waals surface area contributed by atoms with Crippen molar-refractivity contribution >= 4 is 23.3 Å². The second-order valence-corrected chi connectivity index (χ2v) is 9.47. The van der Waals surface area contributed by atoms with Crippen molar-refractivity contribution in [1.29, 1.82) is 0 Å². The number of carbonyl (C=O) groups is 1. The van der Waals surface area contributed by atoms with Crippen molar-refractivity contribution in [3.63, 3.8) is 0 Å². The summed E-state index contributed by atoms with van der Waals surface area (Å²) in [7, 11) is 0. The number of fused-ring (bicyclic) bond motifs is 1. The zero-order valence-corrected chi connectivity index (χ0v) is 20.0. The fourth-order valence-electron chi connectivity index (χ4n) is 5.07. The second-order valence-electron chi connectivity index (χ2n) is 9.06. The maximum Gasteiger partial charge on any atom is 0.250 e. The molecule has 1 aliphatic heterocycles. The molecule has 7 nitrogen and oxygen atoms in total. The van der Waals surface area contributed by atoms with Gasteiger partial charge in [-0.3, -0.25) is 4.79 Å². The first-order chi connectivity index (χ1) is 16.9. The lowest BCUT2D eigenvalue weighted by atomic mass is 9.73. The molecule has 1 fully saturated rings. The average Bonchev–Trinajstić information content (AvgIpc) is 3.13. The van der Waals surface area contributed by atoms with Crippen molar-refractivity contribution in [2.75, 3.05) is 24.6 Å². The minimum atomic E-state index is -0.583. The predicted molar refractivity (Wildman–Crippen MR) is 135 cm³/mol. The van der Waals surface area contributed by atoms with E-state index in [0.717, 1.165) is 38.2 Å². The van der Waals surface area contributed by atoms with Gasteiger partial charge in [-0.2, -0.15) is 0 Å². The summed E-state index contributed by atoms with van der Waals surface area (Å²) in [5.41, 5.74) is 15.6. The molecule has 0 radical (unpaired) electrons. The highest BCUT2D eigenvalue weighted by molar-refractivity contribution is 6.33. The molecule has 1 spiro atoms. The molecule has 8 heteroatoms. The van der Waals surface area contributed by atoms with Crippen molar-refractivity contribution in [3.05, 3.63) is 82.3 Å². The van der Waals surface area contributed by atoms with Gasteiger partial charge in [0.2, 0.25) is 5.91 Å². The number of piperidine rings is 1. The van der Waals surface area contributed by atoms with Crippen LogP contribution in [0.5, 0.6) is 5.75 Å². The summed E-state index contributed by atoms with van der Waals surface area (Å²) >= 11 is 6.03. The van der Waals surface area contributed by atoms with Crippen LogP contribution in [0.4, 0.5) is 5.82 Å². The molecule has 3 aromatic rings. The van der Waals surface area contributed by atoms with Gasteiger partial charge >= 0.3 is 0 Å². The van der Waals surface area contributed by atoms with Gasteiger partial charge in [0.1, 0.15) is 23.9 Å². The van der Waals surface area contributed by atoms with Gasteiger partial charge in [-0.15, -0.1) is 0 Å². The maximum atomic E-state index is 11.2. The fourth-order valence-corrected chi connectivity index (χ4v) is 5.33. The molecule has 178 valence electrons. The Labute approximate surface area is 209 Å². The third-order valence-corrected chi connectivity index (χ3v) is 7.36. The van der Waals surface area contributed by atoms with Crippen LogP contribution in [0.2, 0.25) is 5.02 Å². The van der Waals surface area contributed by atoms with E-state index in [9.17, 15) is 4.79 Å². The molecule has 5 rings (SSSR count). The van der Waals surface area contributed by atoms with Gasteiger partial charge in [-0.25, -0.2) is 9.97 Å². The zero-order chi connectivity index (χ0) is 24.4. The second kappa shape index (κ2) is 9.57. The van der Waals surface area contributed by atoms with Gasteiger partial charge < -0.3 is 21.1 Å². The predicted octanol–water partition coefficient (Wildman–Crippen LogP) is 3.50. The van der Waals surface area contributed by atoms with Crippen molar-refractivity contribution in [3.8, 4) is 17.6 Å². The highest BCUT2D eigenvalue weighted by atomic mass is 35.5. The third-order valence-electron chi connectivity index (χ3n) is 7.05. The molecular weight excluding hydrogens is 462 g/mol. The molecule has 1 aromatic heterocycles. The Hall–Kier alpha value is -3.60. The van der Waals surface area contributed by atoms with E-state index in [0.29, 0.717) is 11.4 Å². The van der Waals surface area contributed by atoms with Crippen LogP contribution in [-0.2, 0) is 6.42 Å². The van der Waals surface area contributed by atoms with Crippen LogP contribution in [0.15, 0.2) is 54.9 Å². The summed E-state index contributed by atoms with van der Waals surface area (Å²) in [6.07, 6.45) is 6.58. The number of rotatable bonds is 4. The van der Waals surface area contributed by atoms with E-state index in [1.807, 2.05) is 0 Å². The largest absolute Gasteiger partial charge is 0.481 e. The minimum absolute atomic E-state index is 0.101. The molecule has 2 heterocycles. The van der Waals surface area contributed by atoms with Crippen molar-refractivity contribution in [1.82, 2.24) is 9.97 Å². The summed E-state index contributed by atoms with van der Waals surface area (Å²) in [5, 5.41) is 0.243. The molecular formula is C27H26ClN5O2. The molecule has 0 unspecified atom stereocenters. The van der Waals surface area contributed by atoms with E-state index in [2.05, 4.69) is 51.0 Å². The number of ether oxygens (including phenoxy) is 1. The van der Waals surface area contributed by atoms with Crippen LogP contribution < -0.4 is 21.1 Å². The molecule has 35 heavy (non-hydrogen) atoms. The average molecular weight is 488 g/mol. The Balaban J connectivity index is 1.15. The first-order valence-electron chi connectivity index (χ1n) is 11.6. The lowest BCUT2D eigenvalue weighted by molar-refractivity contribution is 0.100. The summed E-state index contributed by atoms with van der Waals surface area (Å²) < 4.78 is 5.56. The van der Waals surface area contributed by atoms with Gasteiger partial charge in [0.05, 0.1) is 23.0 Å². The molecule has 4 N–H and O–H groups in total. The molecule has 1 amide bonds. The number of benzene rings is 2. The van der Waals surface area contributed by atoms with Gasteiger partial charge in [-0.05, 0) is 59.9 Å². The van der Waals surface area contributed by atoms with E-state index in [-0.39, 0.29) is 28.6 Å². The highest BCUT2D eigenvalue weighted by Gasteiger charge is 2.45. The summed E-state index contributed by atoms with van der Waals surface area (Å²) in [5.74, 6) is 6.65. The number of amides is 1. The van der Waals surface area contributed by atoms with Crippen LogP contribution in [0.3, 0.4) is 0 Å². The number of halogens is 1. The van der Waals surface area contributed by atoms with Gasteiger partial charge in [-0.1, -0.05) is 41.8 Å². The maximum absolute atomic E-state index is 11.2. The van der Waals surface area contributed by atoms with Crippen LogP contribution in [0.1, 0.15) is 46.1 Å². The summed E-state index contributed by atoms with van der Waals surface area (Å²) in [6.45, 7) is 1.96. The Bertz CT molecular complexity index is 1310. The highest BCUT2D eigenvalue weighted by Crippen LogP contribution is 2.50. The first kappa shape index (κ1) is 23.2. The van der Waals surface area contributed by atoms with E-state index in [4.69, 9.17) is 27.8 Å². The quantitative estimate of drug-likeness (QED) is 0.545. The number of nitrogens with zero attached hydrogens (tertiary/aromatic N) is 3. The zero-order valence-electron chi connectivity index (χ0n) is 19.2. The van der Waals surface area contributed by atoms with Gasteiger partial charge in [0, 0.05) is 19.1 Å². The monoisotopic (exact) mass is 487 g/mol. The molecule has 2 aliphatic rings. The van der Waals surface area contributed by atoms with Crippen molar-refractivity contribution in [2.24, 2.45) is 16.9 Å². The smallest absolute Gasteiger partial charge is 0.250 e. The number of carbonyl (C=O) groups excluding carboxylic acids is 1. The first-order valence-corrected chi connectivity index (χ1v) is 11.9. The van der Waals surface area contributed by atoms with Crippen molar-refractivity contribution < 1.29 is 9.53 Å². The number of aromatic nitrogens is 2. The Morgan fingerprint density at radius 2 is 1.97 bits per heavy atom. The van der Waals surface area contributed by atoms with E-state index in [1.54, 1.807) is 18.5 Å². The van der Waals surface area contributed by atoms with Crippen LogP contribution in [-0.4, -0.2) is 35.6 Å². The molecule has 0 bridgehead atoms. The van der Waals surface area contributed by atoms with Gasteiger partial charge in [0.15, 0.2) is 0 Å². The minimum Gasteiger partial charge on any atom is -0.481 e. The normalized spacial score (nSPS) is 18.0. The fraction of sp³-hybridized carbons (Fsp3) is 0.296. The Morgan fingerprint density at radius 3 is 2.66 bits per heavy atom. The number of hydrogen-bond donors (Lipinski definition) is 2.